The molecule has 1 amide bonds. The molecule has 1 aromatic carbocycles. The van der Waals surface area contributed by atoms with Crippen LogP contribution in [0, 0.1) is 26.7 Å². The van der Waals surface area contributed by atoms with Gasteiger partial charge in [-0.15, -0.1) is 0 Å². The molecular formula is C22H26N4O2. The number of carbonyl (C=O) groups is 1. The number of hydrogen-bond donors (Lipinski definition) is 1. The Morgan fingerprint density at radius 2 is 2.14 bits per heavy atom. The minimum atomic E-state index is -0.222. The molecule has 28 heavy (non-hydrogen) atoms. The van der Waals surface area contributed by atoms with E-state index in [4.69, 9.17) is 4.52 Å². The molecule has 0 saturated heterocycles. The predicted molar refractivity (Wildman–Crippen MR) is 108 cm³/mol. The van der Waals surface area contributed by atoms with Crippen LogP contribution in [0.4, 0.5) is 5.69 Å². The Hall–Kier alpha value is -2.89. The van der Waals surface area contributed by atoms with Gasteiger partial charge in [0.05, 0.1) is 23.6 Å². The summed E-state index contributed by atoms with van der Waals surface area (Å²) in [5, 5.41) is 11.7. The van der Waals surface area contributed by atoms with Gasteiger partial charge >= 0.3 is 0 Å². The lowest BCUT2D eigenvalue weighted by Crippen LogP contribution is -2.18. The second-order valence-corrected chi connectivity index (χ2v) is 7.93. The molecule has 0 bridgehead atoms. The molecule has 1 aliphatic rings. The van der Waals surface area contributed by atoms with Crippen molar-refractivity contribution in [3.63, 3.8) is 0 Å². The maximum absolute atomic E-state index is 12.9. The van der Waals surface area contributed by atoms with Crippen molar-refractivity contribution in [3.8, 4) is 0 Å². The van der Waals surface area contributed by atoms with Crippen molar-refractivity contribution < 1.29 is 9.32 Å². The topological polar surface area (TPSA) is 73.0 Å². The molecule has 0 fully saturated rings. The van der Waals surface area contributed by atoms with Crippen LogP contribution < -0.4 is 5.32 Å². The van der Waals surface area contributed by atoms with Crippen LogP contribution in [0.2, 0.25) is 0 Å². The summed E-state index contributed by atoms with van der Waals surface area (Å²) in [5.74, 6) is 1.17. The number of rotatable bonds is 4. The van der Waals surface area contributed by atoms with Gasteiger partial charge in [-0.25, -0.2) is 0 Å². The summed E-state index contributed by atoms with van der Waals surface area (Å²) in [6, 6.07) is 8.37. The molecule has 1 N–H and O–H groups in total. The minimum absolute atomic E-state index is 0.222. The van der Waals surface area contributed by atoms with Gasteiger partial charge in [-0.2, -0.15) is 5.10 Å². The highest BCUT2D eigenvalue weighted by Crippen LogP contribution is 2.29. The number of carbonyl (C=O) groups excluding carboxylic acids is 1. The van der Waals surface area contributed by atoms with Crippen LogP contribution >= 0.6 is 0 Å². The summed E-state index contributed by atoms with van der Waals surface area (Å²) < 4.78 is 7.35. The average molecular weight is 378 g/mol. The van der Waals surface area contributed by atoms with Crippen LogP contribution in [0.3, 0.4) is 0 Å². The molecule has 4 rings (SSSR count). The Labute approximate surface area is 164 Å². The molecule has 0 spiro atoms. The lowest BCUT2D eigenvalue weighted by Gasteiger charge is -2.16. The molecule has 2 heterocycles. The molecule has 1 atom stereocenters. The molecule has 146 valence electrons. The van der Waals surface area contributed by atoms with E-state index in [1.165, 1.54) is 11.1 Å². The van der Waals surface area contributed by atoms with E-state index in [0.29, 0.717) is 18.2 Å². The van der Waals surface area contributed by atoms with Crippen LogP contribution in [-0.2, 0) is 19.4 Å². The van der Waals surface area contributed by atoms with E-state index in [1.807, 2.05) is 24.6 Å². The molecule has 1 aliphatic carbocycles. The molecule has 2 aromatic heterocycles. The zero-order valence-corrected chi connectivity index (χ0v) is 16.9. The van der Waals surface area contributed by atoms with E-state index in [-0.39, 0.29) is 5.91 Å². The van der Waals surface area contributed by atoms with Crippen molar-refractivity contribution in [3.05, 3.63) is 63.8 Å². The number of benzene rings is 1. The zero-order valence-electron chi connectivity index (χ0n) is 16.9. The second-order valence-electron chi connectivity index (χ2n) is 7.93. The van der Waals surface area contributed by atoms with Gasteiger partial charge < -0.3 is 9.84 Å². The SMILES string of the molecule is Cc1cccc(Cn2nc(C)c(NC(=O)c3noc4c3CC(C)CC4)c2C)c1. The largest absolute Gasteiger partial charge is 0.360 e. The smallest absolute Gasteiger partial charge is 0.278 e. The lowest BCUT2D eigenvalue weighted by atomic mass is 9.88. The van der Waals surface area contributed by atoms with Crippen molar-refractivity contribution in [2.45, 2.75) is 53.5 Å². The fourth-order valence-electron chi connectivity index (χ4n) is 3.94. The van der Waals surface area contributed by atoms with Gasteiger partial charge in [0.2, 0.25) is 0 Å². The Balaban J connectivity index is 1.56. The first-order valence-electron chi connectivity index (χ1n) is 9.80. The van der Waals surface area contributed by atoms with E-state index >= 15 is 0 Å². The maximum Gasteiger partial charge on any atom is 0.278 e. The van der Waals surface area contributed by atoms with Gasteiger partial charge in [-0.05, 0) is 45.1 Å². The van der Waals surface area contributed by atoms with E-state index in [1.54, 1.807) is 0 Å². The Kier molecular flexibility index (Phi) is 4.79. The fraction of sp³-hybridized carbons (Fsp3) is 0.409. The van der Waals surface area contributed by atoms with Crippen LogP contribution in [0.1, 0.15) is 57.7 Å². The van der Waals surface area contributed by atoms with Crippen LogP contribution in [0.15, 0.2) is 28.8 Å². The number of amides is 1. The van der Waals surface area contributed by atoms with Gasteiger partial charge in [0.25, 0.3) is 5.91 Å². The first-order chi connectivity index (χ1) is 13.4. The normalized spacial score (nSPS) is 16.1. The van der Waals surface area contributed by atoms with Gasteiger partial charge in [-0.3, -0.25) is 9.48 Å². The average Bonchev–Trinajstić information content (AvgIpc) is 3.18. The first-order valence-corrected chi connectivity index (χ1v) is 9.80. The Bertz CT molecular complexity index is 1030. The summed E-state index contributed by atoms with van der Waals surface area (Å²) in [6.07, 6.45) is 2.77. The Morgan fingerprint density at radius 3 is 2.93 bits per heavy atom. The molecule has 0 saturated carbocycles. The quantitative estimate of drug-likeness (QED) is 0.738. The van der Waals surface area contributed by atoms with Crippen LogP contribution in [0.5, 0.6) is 0 Å². The predicted octanol–water partition coefficient (Wildman–Crippen LogP) is 4.22. The molecular weight excluding hydrogens is 352 g/mol. The highest BCUT2D eigenvalue weighted by Gasteiger charge is 2.28. The van der Waals surface area contributed by atoms with E-state index in [9.17, 15) is 4.79 Å². The van der Waals surface area contributed by atoms with Gasteiger partial charge in [0.15, 0.2) is 5.69 Å². The summed E-state index contributed by atoms with van der Waals surface area (Å²) >= 11 is 0. The van der Waals surface area contributed by atoms with E-state index < -0.39 is 0 Å². The highest BCUT2D eigenvalue weighted by molar-refractivity contribution is 6.04. The molecule has 1 unspecified atom stereocenters. The third-order valence-corrected chi connectivity index (χ3v) is 5.54. The molecule has 3 aromatic rings. The van der Waals surface area contributed by atoms with E-state index in [0.717, 1.165) is 47.7 Å². The fourth-order valence-corrected chi connectivity index (χ4v) is 3.94. The molecule has 6 nitrogen and oxygen atoms in total. The van der Waals surface area contributed by atoms with Crippen LogP contribution in [0.25, 0.3) is 0 Å². The summed E-state index contributed by atoms with van der Waals surface area (Å²) in [4.78, 5) is 12.9. The lowest BCUT2D eigenvalue weighted by molar-refractivity contribution is 0.101. The molecule has 0 aliphatic heterocycles. The third-order valence-electron chi connectivity index (χ3n) is 5.54. The zero-order chi connectivity index (χ0) is 19.8. The van der Waals surface area contributed by atoms with E-state index in [2.05, 4.69) is 47.6 Å². The highest BCUT2D eigenvalue weighted by atomic mass is 16.5. The minimum Gasteiger partial charge on any atom is -0.360 e. The van der Waals surface area contributed by atoms with Crippen molar-refractivity contribution in [1.29, 1.82) is 0 Å². The molecule has 6 heteroatoms. The van der Waals surface area contributed by atoms with Gasteiger partial charge in [0, 0.05) is 12.0 Å². The van der Waals surface area contributed by atoms with Crippen molar-refractivity contribution >= 4 is 11.6 Å². The third kappa shape index (κ3) is 3.46. The first kappa shape index (κ1) is 18.5. The number of fused-ring (bicyclic) bond motifs is 1. The molecule has 0 radical (unpaired) electrons. The Morgan fingerprint density at radius 1 is 1.32 bits per heavy atom. The summed E-state index contributed by atoms with van der Waals surface area (Å²) in [5.41, 5.74) is 6.24. The second kappa shape index (κ2) is 7.26. The summed E-state index contributed by atoms with van der Waals surface area (Å²) in [6.45, 7) is 8.83. The van der Waals surface area contributed by atoms with Crippen molar-refractivity contribution in [1.82, 2.24) is 14.9 Å². The summed E-state index contributed by atoms with van der Waals surface area (Å²) in [7, 11) is 0. The number of aromatic nitrogens is 3. The standard InChI is InChI=1S/C22H26N4O2/c1-13-6-5-7-17(10-13)12-26-16(4)20(15(3)24-26)23-22(27)21-18-11-14(2)8-9-19(18)28-25-21/h5-7,10,14H,8-9,11-12H2,1-4H3,(H,23,27). The number of nitrogens with one attached hydrogen (secondary N) is 1. The van der Waals surface area contributed by atoms with Crippen molar-refractivity contribution in [2.24, 2.45) is 5.92 Å². The van der Waals surface area contributed by atoms with Crippen LogP contribution in [-0.4, -0.2) is 20.8 Å². The van der Waals surface area contributed by atoms with Gasteiger partial charge in [0.1, 0.15) is 5.76 Å². The number of hydrogen-bond acceptors (Lipinski definition) is 4. The maximum atomic E-state index is 12.9. The number of nitrogens with zero attached hydrogens (tertiary/aromatic N) is 3. The number of aryl methyl sites for hydroxylation is 3. The number of anilines is 1. The van der Waals surface area contributed by atoms with Gasteiger partial charge in [-0.1, -0.05) is 41.9 Å². The monoisotopic (exact) mass is 378 g/mol. The van der Waals surface area contributed by atoms with Crippen molar-refractivity contribution in [2.75, 3.05) is 5.32 Å².